The zero-order valence-corrected chi connectivity index (χ0v) is 20.7. The number of carbonyl (C=O) groups excluding carboxylic acids is 3. The van der Waals surface area contributed by atoms with Gasteiger partial charge in [0, 0.05) is 23.3 Å². The number of epoxide rings is 1. The number of aromatic nitrogens is 4. The average molecular weight is 549 g/mol. The molecule has 13 heteroatoms. The normalized spacial score (nSPS) is 17.6. The first-order valence-corrected chi connectivity index (χ1v) is 12.1. The fraction of sp³-hybridized carbons (Fsp3) is 0.333. The lowest BCUT2D eigenvalue weighted by Gasteiger charge is -2.22. The maximum absolute atomic E-state index is 13.3. The third-order valence-electron chi connectivity index (χ3n) is 5.03. The standard InChI is InChI=1S/C21H21BrN6O5S/c1-3-32-21(31)18-17(33-18)19(29)24-15(8-13-10-34-11-23-13)20(30)27(2)16-9-28(26-25-16)14-6-4-12(22)5-7-14/h4-7,9-11,15,17-18H,3,8H2,1-2H3,(H,24,29)/t15-,17-,18-/m0/s1. The quantitative estimate of drug-likeness (QED) is 0.314. The van der Waals surface area contributed by atoms with E-state index in [1.165, 1.54) is 16.2 Å². The number of amides is 2. The molecule has 3 heterocycles. The molecule has 0 unspecified atom stereocenters. The average Bonchev–Trinajstić information content (AvgIpc) is 3.20. The minimum Gasteiger partial charge on any atom is -0.464 e. The first-order chi connectivity index (χ1) is 16.4. The number of hydrogen-bond acceptors (Lipinski definition) is 9. The lowest BCUT2D eigenvalue weighted by Crippen LogP contribution is -2.50. The molecule has 0 bridgehead atoms. The van der Waals surface area contributed by atoms with Crippen molar-refractivity contribution in [3.63, 3.8) is 0 Å². The number of carbonyl (C=O) groups is 3. The van der Waals surface area contributed by atoms with Crippen LogP contribution in [0.5, 0.6) is 0 Å². The number of halogens is 1. The van der Waals surface area contributed by atoms with Gasteiger partial charge in [0.15, 0.2) is 18.0 Å². The Balaban J connectivity index is 1.47. The Morgan fingerprint density at radius 1 is 1.29 bits per heavy atom. The highest BCUT2D eigenvalue weighted by Crippen LogP contribution is 2.24. The zero-order chi connectivity index (χ0) is 24.2. The number of nitrogens with one attached hydrogen (secondary N) is 1. The summed E-state index contributed by atoms with van der Waals surface area (Å²) in [5.41, 5.74) is 3.06. The SMILES string of the molecule is CCOC(=O)[C@H]1O[C@@H]1C(=O)N[C@@H](Cc1cscn1)C(=O)N(C)c1cn(-c2ccc(Br)cc2)nn1. The van der Waals surface area contributed by atoms with Crippen LogP contribution >= 0.6 is 27.3 Å². The molecule has 2 amide bonds. The van der Waals surface area contributed by atoms with Crippen molar-refractivity contribution >= 4 is 50.9 Å². The second kappa shape index (κ2) is 10.4. The molecule has 0 aliphatic carbocycles. The number of rotatable bonds is 9. The molecule has 0 saturated carbocycles. The molecule has 1 N–H and O–H groups in total. The summed E-state index contributed by atoms with van der Waals surface area (Å²) in [5, 5.41) is 12.7. The highest BCUT2D eigenvalue weighted by atomic mass is 79.9. The van der Waals surface area contributed by atoms with E-state index >= 15 is 0 Å². The van der Waals surface area contributed by atoms with E-state index in [1.807, 2.05) is 24.3 Å². The Bertz CT molecular complexity index is 1170. The molecule has 4 rings (SSSR count). The van der Waals surface area contributed by atoms with Gasteiger partial charge in [-0.05, 0) is 31.2 Å². The molecule has 178 valence electrons. The first kappa shape index (κ1) is 24.0. The minimum atomic E-state index is -0.992. The second-order valence-electron chi connectivity index (χ2n) is 7.37. The Morgan fingerprint density at radius 3 is 2.74 bits per heavy atom. The van der Waals surface area contributed by atoms with Crippen molar-refractivity contribution in [1.82, 2.24) is 25.3 Å². The third kappa shape index (κ3) is 5.48. The van der Waals surface area contributed by atoms with E-state index in [1.54, 1.807) is 35.7 Å². The van der Waals surface area contributed by atoms with Gasteiger partial charge in [-0.15, -0.1) is 16.4 Å². The highest BCUT2D eigenvalue weighted by Gasteiger charge is 2.52. The lowest BCUT2D eigenvalue weighted by molar-refractivity contribution is -0.144. The van der Waals surface area contributed by atoms with Crippen molar-refractivity contribution in [1.29, 1.82) is 0 Å². The summed E-state index contributed by atoms with van der Waals surface area (Å²) in [6.07, 6.45) is -0.174. The summed E-state index contributed by atoms with van der Waals surface area (Å²) >= 11 is 4.77. The molecule has 11 nitrogen and oxygen atoms in total. The van der Waals surface area contributed by atoms with Crippen LogP contribution in [-0.4, -0.2) is 69.7 Å². The van der Waals surface area contributed by atoms with E-state index in [2.05, 4.69) is 36.5 Å². The van der Waals surface area contributed by atoms with E-state index in [9.17, 15) is 14.4 Å². The van der Waals surface area contributed by atoms with E-state index in [-0.39, 0.29) is 13.0 Å². The van der Waals surface area contributed by atoms with Crippen LogP contribution in [0.25, 0.3) is 5.69 Å². The number of benzene rings is 1. The summed E-state index contributed by atoms with van der Waals surface area (Å²) < 4.78 is 12.5. The van der Waals surface area contributed by atoms with Crippen molar-refractivity contribution in [3.8, 4) is 5.69 Å². The number of nitrogens with zero attached hydrogens (tertiary/aromatic N) is 5. The molecule has 1 fully saturated rings. The van der Waals surface area contributed by atoms with Crippen LogP contribution in [0.15, 0.2) is 45.8 Å². The van der Waals surface area contributed by atoms with Crippen LogP contribution in [-0.2, 0) is 30.3 Å². The molecule has 0 radical (unpaired) electrons. The van der Waals surface area contributed by atoms with E-state index in [0.29, 0.717) is 11.5 Å². The number of hydrogen-bond donors (Lipinski definition) is 1. The van der Waals surface area contributed by atoms with Gasteiger partial charge >= 0.3 is 5.97 Å². The third-order valence-corrected chi connectivity index (χ3v) is 6.19. The molecule has 1 aromatic carbocycles. The van der Waals surface area contributed by atoms with Gasteiger partial charge < -0.3 is 14.8 Å². The van der Waals surface area contributed by atoms with Crippen LogP contribution < -0.4 is 10.2 Å². The molecular weight excluding hydrogens is 528 g/mol. The molecule has 1 aliphatic rings. The van der Waals surface area contributed by atoms with Gasteiger partial charge in [0.2, 0.25) is 0 Å². The van der Waals surface area contributed by atoms with Gasteiger partial charge in [-0.2, -0.15) is 0 Å². The van der Waals surface area contributed by atoms with Crippen LogP contribution in [0.3, 0.4) is 0 Å². The molecule has 3 atom stereocenters. The Morgan fingerprint density at radius 2 is 2.06 bits per heavy atom. The number of thiazole rings is 1. The maximum atomic E-state index is 13.3. The predicted octanol–water partition coefficient (Wildman–Crippen LogP) is 1.51. The number of esters is 1. The Kier molecular flexibility index (Phi) is 7.34. The zero-order valence-electron chi connectivity index (χ0n) is 18.3. The highest BCUT2D eigenvalue weighted by molar-refractivity contribution is 9.10. The topological polar surface area (TPSA) is 132 Å². The van der Waals surface area contributed by atoms with Crippen molar-refractivity contribution < 1.29 is 23.9 Å². The summed E-state index contributed by atoms with van der Waals surface area (Å²) in [6, 6.07) is 6.49. The Hall–Kier alpha value is -3.16. The largest absolute Gasteiger partial charge is 0.464 e. The molecule has 2 aromatic heterocycles. The van der Waals surface area contributed by atoms with Gasteiger partial charge in [0.1, 0.15) is 6.04 Å². The van der Waals surface area contributed by atoms with Crippen molar-refractivity contribution in [2.24, 2.45) is 0 Å². The number of ether oxygens (including phenoxy) is 2. The van der Waals surface area contributed by atoms with E-state index in [0.717, 1.165) is 10.2 Å². The van der Waals surface area contributed by atoms with Gasteiger partial charge in [0.25, 0.3) is 11.8 Å². The molecule has 3 aromatic rings. The van der Waals surface area contributed by atoms with Gasteiger partial charge in [-0.1, -0.05) is 21.1 Å². The van der Waals surface area contributed by atoms with Crippen molar-refractivity contribution in [3.05, 3.63) is 51.5 Å². The van der Waals surface area contributed by atoms with Crippen LogP contribution in [0.2, 0.25) is 0 Å². The van der Waals surface area contributed by atoms with Crippen molar-refractivity contribution in [2.45, 2.75) is 31.6 Å². The second-order valence-corrected chi connectivity index (χ2v) is 9.00. The summed E-state index contributed by atoms with van der Waals surface area (Å²) in [6.45, 7) is 1.85. The summed E-state index contributed by atoms with van der Waals surface area (Å²) in [5.74, 6) is -1.29. The monoisotopic (exact) mass is 548 g/mol. The van der Waals surface area contributed by atoms with E-state index < -0.39 is 36.0 Å². The fourth-order valence-corrected chi connectivity index (χ4v) is 4.03. The Labute approximate surface area is 207 Å². The number of anilines is 1. The van der Waals surface area contributed by atoms with Gasteiger partial charge in [-0.3, -0.25) is 14.5 Å². The van der Waals surface area contributed by atoms with E-state index in [4.69, 9.17) is 9.47 Å². The van der Waals surface area contributed by atoms with Gasteiger partial charge in [0.05, 0.1) is 29.7 Å². The summed E-state index contributed by atoms with van der Waals surface area (Å²) in [7, 11) is 1.55. The lowest BCUT2D eigenvalue weighted by atomic mass is 10.1. The predicted molar refractivity (Wildman–Crippen MR) is 126 cm³/mol. The molecular formula is C21H21BrN6O5S. The molecule has 34 heavy (non-hydrogen) atoms. The molecule has 0 spiro atoms. The van der Waals surface area contributed by atoms with Crippen LogP contribution in [0.1, 0.15) is 12.6 Å². The first-order valence-electron chi connectivity index (χ1n) is 10.3. The maximum Gasteiger partial charge on any atom is 0.338 e. The minimum absolute atomic E-state index is 0.163. The summed E-state index contributed by atoms with van der Waals surface area (Å²) in [4.78, 5) is 43.3. The number of likely N-dealkylation sites (N-methyl/N-ethyl adjacent to an activating group) is 1. The van der Waals surface area contributed by atoms with Crippen LogP contribution in [0.4, 0.5) is 5.82 Å². The molecule has 1 saturated heterocycles. The smallest absolute Gasteiger partial charge is 0.338 e. The van der Waals surface area contributed by atoms with Gasteiger partial charge in [-0.25, -0.2) is 14.5 Å². The van der Waals surface area contributed by atoms with Crippen LogP contribution in [0, 0.1) is 0 Å². The van der Waals surface area contributed by atoms with Crippen molar-refractivity contribution in [2.75, 3.05) is 18.6 Å². The fourth-order valence-electron chi connectivity index (χ4n) is 3.19. The molecule has 1 aliphatic heterocycles.